The van der Waals surface area contributed by atoms with Gasteiger partial charge < -0.3 is 14.7 Å². The van der Waals surface area contributed by atoms with Crippen molar-refractivity contribution in [2.24, 2.45) is 5.92 Å². The lowest BCUT2D eigenvalue weighted by Crippen LogP contribution is -2.41. The maximum atomic E-state index is 12.7. The molecule has 1 aromatic rings. The van der Waals surface area contributed by atoms with E-state index in [1.807, 2.05) is 17.0 Å². The Morgan fingerprint density at radius 1 is 1.29 bits per heavy atom. The van der Waals surface area contributed by atoms with E-state index in [0.29, 0.717) is 31.9 Å². The van der Waals surface area contributed by atoms with Gasteiger partial charge in [-0.15, -0.1) is 0 Å². The van der Waals surface area contributed by atoms with Gasteiger partial charge in [-0.05, 0) is 42.7 Å². The molecule has 5 heteroatoms. The summed E-state index contributed by atoms with van der Waals surface area (Å²) in [6.07, 6.45) is 3.94. The number of nitrogens with zero attached hydrogens (tertiary/aromatic N) is 1. The molecule has 0 aliphatic carbocycles. The van der Waals surface area contributed by atoms with E-state index >= 15 is 0 Å². The zero-order valence-corrected chi connectivity index (χ0v) is 13.9. The predicted octanol–water partition coefficient (Wildman–Crippen LogP) is 2.79. The Balaban J connectivity index is 1.58. The number of carboxylic acids is 1. The first kappa shape index (κ1) is 17.0. The predicted molar refractivity (Wildman–Crippen MR) is 89.6 cm³/mol. The number of likely N-dealkylation sites (tertiary alicyclic amines) is 1. The Morgan fingerprint density at radius 3 is 2.96 bits per heavy atom. The van der Waals surface area contributed by atoms with Gasteiger partial charge in [-0.25, -0.2) is 0 Å². The van der Waals surface area contributed by atoms with E-state index in [-0.39, 0.29) is 18.4 Å². The maximum absolute atomic E-state index is 12.7. The highest BCUT2D eigenvalue weighted by atomic mass is 16.5. The number of rotatable bonds is 5. The molecule has 2 heterocycles. The zero-order valence-electron chi connectivity index (χ0n) is 13.9. The summed E-state index contributed by atoms with van der Waals surface area (Å²) in [7, 11) is 0. The van der Waals surface area contributed by atoms with Crippen LogP contribution in [0.25, 0.3) is 0 Å². The number of carboxylic acid groups (broad SMARTS) is 1. The van der Waals surface area contributed by atoms with Gasteiger partial charge in [0.15, 0.2) is 0 Å². The number of ether oxygens (including phenoxy) is 1. The lowest BCUT2D eigenvalue weighted by Gasteiger charge is -2.34. The number of amides is 1. The summed E-state index contributed by atoms with van der Waals surface area (Å²) in [4.78, 5) is 25.3. The number of fused-ring (bicyclic) bond motifs is 1. The molecule has 2 atom stereocenters. The third-order valence-corrected chi connectivity index (χ3v) is 5.09. The molecule has 1 aromatic carbocycles. The average Bonchev–Trinajstić information content (AvgIpc) is 2.60. The van der Waals surface area contributed by atoms with Crippen molar-refractivity contribution in [1.82, 2.24) is 4.90 Å². The summed E-state index contributed by atoms with van der Waals surface area (Å²) in [5, 5.41) is 8.83. The number of carbonyl (C=O) groups excluding carboxylic acids is 1. The minimum absolute atomic E-state index is 0.122. The van der Waals surface area contributed by atoms with Crippen molar-refractivity contribution in [1.29, 1.82) is 0 Å². The first-order chi connectivity index (χ1) is 11.6. The van der Waals surface area contributed by atoms with Gasteiger partial charge in [-0.2, -0.15) is 0 Å². The summed E-state index contributed by atoms with van der Waals surface area (Å²) >= 11 is 0. The van der Waals surface area contributed by atoms with Crippen LogP contribution in [-0.2, 0) is 20.7 Å². The summed E-state index contributed by atoms with van der Waals surface area (Å²) in [6, 6.07) is 8.19. The smallest absolute Gasteiger partial charge is 0.303 e. The molecule has 0 spiro atoms. The molecule has 0 aromatic heterocycles. The normalized spacial score (nSPS) is 23.6. The monoisotopic (exact) mass is 331 g/mol. The van der Waals surface area contributed by atoms with E-state index in [4.69, 9.17) is 9.84 Å². The lowest BCUT2D eigenvalue weighted by molar-refractivity contribution is -0.137. The fraction of sp³-hybridized carbons (Fsp3) is 0.579. The Labute approximate surface area is 142 Å². The van der Waals surface area contributed by atoms with Crippen molar-refractivity contribution in [3.8, 4) is 0 Å². The molecule has 130 valence electrons. The molecule has 1 amide bonds. The van der Waals surface area contributed by atoms with Gasteiger partial charge in [-0.3, -0.25) is 9.59 Å². The van der Waals surface area contributed by atoms with Crippen LogP contribution in [-0.4, -0.2) is 41.6 Å². The standard InChI is InChI=1S/C19H25NO4/c21-18(20-10-3-4-14(13-20)7-8-19(22)23)12-17-16-6-2-1-5-15(16)9-11-24-17/h1-2,5-6,14,17H,3-4,7-13H2,(H,22,23). The second-order valence-corrected chi connectivity index (χ2v) is 6.79. The minimum atomic E-state index is -0.759. The fourth-order valence-corrected chi connectivity index (χ4v) is 3.79. The van der Waals surface area contributed by atoms with Gasteiger partial charge in [0, 0.05) is 19.5 Å². The van der Waals surface area contributed by atoms with Crippen LogP contribution in [0.1, 0.15) is 49.3 Å². The number of hydrogen-bond acceptors (Lipinski definition) is 3. The summed E-state index contributed by atoms with van der Waals surface area (Å²) in [6.45, 7) is 2.12. The highest BCUT2D eigenvalue weighted by Crippen LogP contribution is 2.31. The highest BCUT2D eigenvalue weighted by Gasteiger charge is 2.28. The lowest BCUT2D eigenvalue weighted by atomic mass is 9.92. The number of aliphatic carboxylic acids is 1. The first-order valence-electron chi connectivity index (χ1n) is 8.82. The van der Waals surface area contributed by atoms with Gasteiger partial charge in [0.2, 0.25) is 5.91 Å². The summed E-state index contributed by atoms with van der Waals surface area (Å²) < 4.78 is 5.85. The first-order valence-corrected chi connectivity index (χ1v) is 8.82. The van der Waals surface area contributed by atoms with Gasteiger partial charge in [-0.1, -0.05) is 24.3 Å². The second-order valence-electron chi connectivity index (χ2n) is 6.79. The number of piperidine rings is 1. The van der Waals surface area contributed by atoms with Crippen molar-refractivity contribution in [3.63, 3.8) is 0 Å². The van der Waals surface area contributed by atoms with Crippen LogP contribution in [0.5, 0.6) is 0 Å². The quantitative estimate of drug-likeness (QED) is 0.901. The van der Waals surface area contributed by atoms with Crippen molar-refractivity contribution < 1.29 is 19.4 Å². The van der Waals surface area contributed by atoms with Gasteiger partial charge in [0.25, 0.3) is 0 Å². The Morgan fingerprint density at radius 2 is 2.12 bits per heavy atom. The van der Waals surface area contributed by atoms with Crippen LogP contribution in [0.4, 0.5) is 0 Å². The highest BCUT2D eigenvalue weighted by molar-refractivity contribution is 5.77. The molecule has 0 radical (unpaired) electrons. The maximum Gasteiger partial charge on any atom is 0.303 e. The average molecular weight is 331 g/mol. The molecule has 1 N–H and O–H groups in total. The number of benzene rings is 1. The Bertz CT molecular complexity index is 601. The largest absolute Gasteiger partial charge is 0.481 e. The third kappa shape index (κ3) is 4.15. The van der Waals surface area contributed by atoms with Gasteiger partial charge in [0.05, 0.1) is 19.1 Å². The van der Waals surface area contributed by atoms with E-state index < -0.39 is 5.97 Å². The number of carbonyl (C=O) groups is 2. The van der Waals surface area contributed by atoms with Crippen molar-refractivity contribution >= 4 is 11.9 Å². The molecule has 0 saturated carbocycles. The molecular formula is C19H25NO4. The molecule has 1 saturated heterocycles. The Hall–Kier alpha value is -1.88. The third-order valence-electron chi connectivity index (χ3n) is 5.09. The molecule has 1 fully saturated rings. The molecule has 2 unspecified atom stereocenters. The Kier molecular flexibility index (Phi) is 5.51. The van der Waals surface area contributed by atoms with Gasteiger partial charge in [0.1, 0.15) is 0 Å². The van der Waals surface area contributed by atoms with Crippen LogP contribution in [0, 0.1) is 5.92 Å². The van der Waals surface area contributed by atoms with Crippen molar-refractivity contribution in [3.05, 3.63) is 35.4 Å². The van der Waals surface area contributed by atoms with E-state index in [2.05, 4.69) is 12.1 Å². The van der Waals surface area contributed by atoms with Crippen LogP contribution < -0.4 is 0 Å². The molecule has 2 aliphatic rings. The number of hydrogen-bond donors (Lipinski definition) is 1. The minimum Gasteiger partial charge on any atom is -0.481 e. The van der Waals surface area contributed by atoms with Crippen LogP contribution in [0.3, 0.4) is 0 Å². The molecule has 2 aliphatic heterocycles. The molecule has 5 nitrogen and oxygen atoms in total. The topological polar surface area (TPSA) is 66.8 Å². The molecular weight excluding hydrogens is 306 g/mol. The summed E-state index contributed by atoms with van der Waals surface area (Å²) in [5.74, 6) is -0.333. The van der Waals surface area contributed by atoms with Crippen LogP contribution in [0.15, 0.2) is 24.3 Å². The van der Waals surface area contributed by atoms with E-state index in [1.165, 1.54) is 5.56 Å². The molecule has 3 rings (SSSR count). The van der Waals surface area contributed by atoms with E-state index in [9.17, 15) is 9.59 Å². The van der Waals surface area contributed by atoms with E-state index in [0.717, 1.165) is 31.4 Å². The molecule has 0 bridgehead atoms. The SMILES string of the molecule is O=C(O)CCC1CCCN(C(=O)CC2OCCc3ccccc32)C1. The van der Waals surface area contributed by atoms with Crippen LogP contribution in [0.2, 0.25) is 0 Å². The second kappa shape index (κ2) is 7.79. The van der Waals surface area contributed by atoms with Gasteiger partial charge >= 0.3 is 5.97 Å². The molecule has 24 heavy (non-hydrogen) atoms. The van der Waals surface area contributed by atoms with Crippen molar-refractivity contribution in [2.75, 3.05) is 19.7 Å². The zero-order chi connectivity index (χ0) is 16.9. The summed E-state index contributed by atoms with van der Waals surface area (Å²) in [5.41, 5.74) is 2.41. The fourth-order valence-electron chi connectivity index (χ4n) is 3.79. The van der Waals surface area contributed by atoms with Crippen LogP contribution >= 0.6 is 0 Å². The van der Waals surface area contributed by atoms with Crippen molar-refractivity contribution in [2.45, 2.75) is 44.6 Å². The van der Waals surface area contributed by atoms with E-state index in [1.54, 1.807) is 0 Å².